The second kappa shape index (κ2) is 8.15. The van der Waals surface area contributed by atoms with E-state index in [4.69, 9.17) is 4.74 Å². The molecule has 0 bridgehead atoms. The minimum absolute atomic E-state index is 0.0532. The highest BCUT2D eigenvalue weighted by atomic mass is 16.5. The highest BCUT2D eigenvalue weighted by molar-refractivity contribution is 5.95. The van der Waals surface area contributed by atoms with Crippen molar-refractivity contribution in [3.8, 4) is 5.75 Å². The van der Waals surface area contributed by atoms with Crippen LogP contribution in [0.3, 0.4) is 0 Å². The third kappa shape index (κ3) is 4.84. The van der Waals surface area contributed by atoms with E-state index in [0.29, 0.717) is 0 Å². The fourth-order valence-electron chi connectivity index (χ4n) is 2.25. The molecule has 0 fully saturated rings. The number of carbonyl (C=O) groups excluding carboxylic acids is 2. The first-order chi connectivity index (χ1) is 11.5. The van der Waals surface area contributed by atoms with Crippen molar-refractivity contribution in [1.29, 1.82) is 0 Å². The van der Waals surface area contributed by atoms with Gasteiger partial charge in [0.1, 0.15) is 5.75 Å². The fraction of sp³-hybridized carbons (Fsp3) is 0.263. The molecule has 0 radical (unpaired) electrons. The minimum atomic E-state index is -0.244. The van der Waals surface area contributed by atoms with Gasteiger partial charge in [-0.25, -0.2) is 0 Å². The van der Waals surface area contributed by atoms with Gasteiger partial charge in [-0.3, -0.25) is 9.59 Å². The molecule has 2 amide bonds. The Hall–Kier alpha value is -2.82. The number of ether oxygens (including phenoxy) is 1. The number of benzene rings is 2. The molecule has 2 rings (SSSR count). The van der Waals surface area contributed by atoms with Crippen molar-refractivity contribution < 1.29 is 14.3 Å². The summed E-state index contributed by atoms with van der Waals surface area (Å²) in [5.74, 6) is 0.301. The molecule has 0 heterocycles. The Labute approximate surface area is 142 Å². The monoisotopic (exact) mass is 326 g/mol. The van der Waals surface area contributed by atoms with Gasteiger partial charge in [0.15, 0.2) is 0 Å². The van der Waals surface area contributed by atoms with Crippen LogP contribution in [0.5, 0.6) is 5.75 Å². The van der Waals surface area contributed by atoms with E-state index in [1.807, 2.05) is 44.2 Å². The number of rotatable bonds is 6. The first-order valence-electron chi connectivity index (χ1n) is 7.75. The highest BCUT2D eigenvalue weighted by Crippen LogP contribution is 2.17. The van der Waals surface area contributed by atoms with Crippen molar-refractivity contribution in [3.63, 3.8) is 0 Å². The lowest BCUT2D eigenvalue weighted by atomic mass is 10.1. The number of aryl methyl sites for hydroxylation is 1. The Kier molecular flexibility index (Phi) is 5.95. The summed E-state index contributed by atoms with van der Waals surface area (Å²) in [6, 6.07) is 13.0. The Morgan fingerprint density at radius 3 is 2.38 bits per heavy atom. The van der Waals surface area contributed by atoms with Gasteiger partial charge in [0.25, 0.3) is 0 Å². The van der Waals surface area contributed by atoms with Crippen LogP contribution in [0.25, 0.3) is 0 Å². The topological polar surface area (TPSA) is 67.4 Å². The normalized spacial score (nSPS) is 10.1. The molecule has 2 aromatic rings. The average Bonchev–Trinajstić information content (AvgIpc) is 2.58. The summed E-state index contributed by atoms with van der Waals surface area (Å²) in [6.07, 6.45) is 0.223. The van der Waals surface area contributed by atoms with Crippen LogP contribution in [-0.2, 0) is 16.0 Å². The molecule has 0 saturated carbocycles. The number of hydrogen-bond donors (Lipinski definition) is 2. The SMILES string of the molecule is COc1ccc(CC(=O)NCC(=O)Nc2cccc(C)c2C)cc1. The first kappa shape index (κ1) is 17.5. The second-order valence-electron chi connectivity index (χ2n) is 5.60. The van der Waals surface area contributed by atoms with Gasteiger partial charge in [0, 0.05) is 5.69 Å². The van der Waals surface area contributed by atoms with E-state index in [2.05, 4.69) is 10.6 Å². The van der Waals surface area contributed by atoms with Crippen molar-refractivity contribution in [2.24, 2.45) is 0 Å². The maximum Gasteiger partial charge on any atom is 0.243 e. The van der Waals surface area contributed by atoms with E-state index in [1.165, 1.54) is 0 Å². The maximum atomic E-state index is 12.0. The molecule has 0 spiro atoms. The van der Waals surface area contributed by atoms with Crippen molar-refractivity contribution in [2.75, 3.05) is 19.0 Å². The molecule has 0 saturated heterocycles. The molecule has 126 valence electrons. The summed E-state index contributed by atoms with van der Waals surface area (Å²) in [5.41, 5.74) is 3.76. The molecule has 0 unspecified atom stereocenters. The number of nitrogens with one attached hydrogen (secondary N) is 2. The Bertz CT molecular complexity index is 724. The number of anilines is 1. The third-order valence-corrected chi connectivity index (χ3v) is 3.85. The van der Waals surface area contributed by atoms with Crippen LogP contribution in [0.1, 0.15) is 16.7 Å². The molecular formula is C19H22N2O3. The van der Waals surface area contributed by atoms with Crippen molar-refractivity contribution in [3.05, 3.63) is 59.2 Å². The summed E-state index contributed by atoms with van der Waals surface area (Å²) in [4.78, 5) is 23.9. The zero-order valence-corrected chi connectivity index (χ0v) is 14.2. The van der Waals surface area contributed by atoms with Crippen LogP contribution >= 0.6 is 0 Å². The zero-order valence-electron chi connectivity index (χ0n) is 14.2. The molecule has 0 aliphatic carbocycles. The van der Waals surface area contributed by atoms with Crippen LogP contribution < -0.4 is 15.4 Å². The van der Waals surface area contributed by atoms with Crippen LogP contribution in [0.4, 0.5) is 5.69 Å². The van der Waals surface area contributed by atoms with Gasteiger partial charge in [-0.15, -0.1) is 0 Å². The quantitative estimate of drug-likeness (QED) is 0.857. The Morgan fingerprint density at radius 2 is 1.71 bits per heavy atom. The number of methoxy groups -OCH3 is 1. The molecule has 2 aromatic carbocycles. The van der Waals surface area contributed by atoms with Gasteiger partial charge >= 0.3 is 0 Å². The average molecular weight is 326 g/mol. The second-order valence-corrected chi connectivity index (χ2v) is 5.60. The molecule has 2 N–H and O–H groups in total. The van der Waals surface area contributed by atoms with Crippen LogP contribution in [0.15, 0.2) is 42.5 Å². The summed E-state index contributed by atoms with van der Waals surface area (Å²) < 4.78 is 5.07. The molecule has 0 atom stereocenters. The van der Waals surface area contributed by atoms with Crippen LogP contribution in [-0.4, -0.2) is 25.5 Å². The van der Waals surface area contributed by atoms with Gasteiger partial charge in [-0.1, -0.05) is 24.3 Å². The first-order valence-corrected chi connectivity index (χ1v) is 7.75. The van der Waals surface area contributed by atoms with E-state index >= 15 is 0 Å². The van der Waals surface area contributed by atoms with Crippen molar-refractivity contribution in [2.45, 2.75) is 20.3 Å². The number of amides is 2. The van der Waals surface area contributed by atoms with Gasteiger partial charge in [0.2, 0.25) is 11.8 Å². The summed E-state index contributed by atoms with van der Waals surface area (Å²) in [7, 11) is 1.59. The maximum absolute atomic E-state index is 12.0. The number of hydrogen-bond acceptors (Lipinski definition) is 3. The lowest BCUT2D eigenvalue weighted by molar-refractivity contribution is -0.123. The van der Waals surface area contributed by atoms with Gasteiger partial charge in [-0.2, -0.15) is 0 Å². The van der Waals surface area contributed by atoms with Crippen molar-refractivity contribution in [1.82, 2.24) is 5.32 Å². The van der Waals surface area contributed by atoms with Gasteiger partial charge in [-0.05, 0) is 48.7 Å². The Balaban J connectivity index is 1.82. The molecular weight excluding hydrogens is 304 g/mol. The van der Waals surface area contributed by atoms with E-state index < -0.39 is 0 Å². The van der Waals surface area contributed by atoms with E-state index in [9.17, 15) is 9.59 Å². The van der Waals surface area contributed by atoms with E-state index in [1.54, 1.807) is 19.2 Å². The molecule has 5 heteroatoms. The van der Waals surface area contributed by atoms with Gasteiger partial charge < -0.3 is 15.4 Å². The smallest absolute Gasteiger partial charge is 0.243 e. The predicted molar refractivity (Wildman–Crippen MR) is 94.3 cm³/mol. The number of carbonyl (C=O) groups is 2. The highest BCUT2D eigenvalue weighted by Gasteiger charge is 2.09. The molecule has 24 heavy (non-hydrogen) atoms. The minimum Gasteiger partial charge on any atom is -0.497 e. The predicted octanol–water partition coefficient (Wildman–Crippen LogP) is 2.61. The molecule has 5 nitrogen and oxygen atoms in total. The molecule has 0 aliphatic rings. The largest absolute Gasteiger partial charge is 0.497 e. The van der Waals surface area contributed by atoms with Crippen LogP contribution in [0.2, 0.25) is 0 Å². The van der Waals surface area contributed by atoms with Crippen molar-refractivity contribution >= 4 is 17.5 Å². The zero-order chi connectivity index (χ0) is 17.5. The Morgan fingerprint density at radius 1 is 1.00 bits per heavy atom. The fourth-order valence-corrected chi connectivity index (χ4v) is 2.25. The lowest BCUT2D eigenvalue weighted by Gasteiger charge is -2.11. The van der Waals surface area contributed by atoms with E-state index in [0.717, 1.165) is 28.1 Å². The van der Waals surface area contributed by atoms with Gasteiger partial charge in [0.05, 0.1) is 20.1 Å². The molecule has 0 aromatic heterocycles. The lowest BCUT2D eigenvalue weighted by Crippen LogP contribution is -2.33. The summed E-state index contributed by atoms with van der Waals surface area (Å²) in [6.45, 7) is 3.89. The molecule has 0 aliphatic heterocycles. The summed E-state index contributed by atoms with van der Waals surface area (Å²) in [5, 5.41) is 5.45. The van der Waals surface area contributed by atoms with Crippen LogP contribution in [0, 0.1) is 13.8 Å². The summed E-state index contributed by atoms with van der Waals surface area (Å²) >= 11 is 0. The third-order valence-electron chi connectivity index (χ3n) is 3.85. The standard InChI is InChI=1S/C19H22N2O3/c1-13-5-4-6-17(14(13)2)21-19(23)12-20-18(22)11-15-7-9-16(24-3)10-8-15/h4-10H,11-12H2,1-3H3,(H,20,22)(H,21,23). The van der Waals surface area contributed by atoms with E-state index in [-0.39, 0.29) is 24.8 Å².